The van der Waals surface area contributed by atoms with E-state index in [1.54, 1.807) is 36.5 Å². The van der Waals surface area contributed by atoms with Gasteiger partial charge in [-0.05, 0) is 48.9 Å². The fourth-order valence-corrected chi connectivity index (χ4v) is 5.77. The van der Waals surface area contributed by atoms with Crippen molar-refractivity contribution in [3.8, 4) is 0 Å². The summed E-state index contributed by atoms with van der Waals surface area (Å²) in [5.41, 5.74) is 25.8. The van der Waals surface area contributed by atoms with Crippen LogP contribution in [0.5, 0.6) is 0 Å². The van der Waals surface area contributed by atoms with Crippen molar-refractivity contribution in [1.29, 1.82) is 0 Å². The number of aromatic amines is 1. The molecule has 2 aromatic heterocycles. The first kappa shape index (κ1) is 28.4. The van der Waals surface area contributed by atoms with Gasteiger partial charge < -0.3 is 38.1 Å². The number of hydrogen-bond donors (Lipinski definition) is 7. The SMILES string of the molecule is NCCN(CCN)c1nc(Nc2ccc(S(=O)(=O)Nc3ccc4cn[nH]c4c3)cc2)nc(N2C[C@H](N)C[C@H](N)C2)n1. The quantitative estimate of drug-likeness (QED) is 0.122. The lowest BCUT2D eigenvalue weighted by Gasteiger charge is -2.35. The molecule has 0 saturated carbocycles. The van der Waals surface area contributed by atoms with Crippen molar-refractivity contribution < 1.29 is 8.42 Å². The zero-order valence-electron chi connectivity index (χ0n) is 22.4. The number of aromatic nitrogens is 5. The summed E-state index contributed by atoms with van der Waals surface area (Å²) in [5.74, 6) is 1.12. The molecule has 3 heterocycles. The fraction of sp³-hybridized carbons (Fsp3) is 0.360. The number of H-pyrrole nitrogens is 1. The van der Waals surface area contributed by atoms with Gasteiger partial charge in [0.2, 0.25) is 17.8 Å². The van der Waals surface area contributed by atoms with Gasteiger partial charge in [-0.15, -0.1) is 0 Å². The molecule has 0 aliphatic carbocycles. The van der Waals surface area contributed by atoms with E-state index < -0.39 is 10.0 Å². The van der Waals surface area contributed by atoms with Crippen LogP contribution in [0.4, 0.5) is 29.2 Å². The van der Waals surface area contributed by atoms with Crippen LogP contribution in [0.25, 0.3) is 10.9 Å². The van der Waals surface area contributed by atoms with Gasteiger partial charge in [0, 0.05) is 62.4 Å². The number of hydrogen-bond acceptors (Lipinski definition) is 13. The molecule has 16 heteroatoms. The Morgan fingerprint density at radius 2 is 1.63 bits per heavy atom. The van der Waals surface area contributed by atoms with Gasteiger partial charge in [-0.2, -0.15) is 20.1 Å². The second-order valence-corrected chi connectivity index (χ2v) is 11.6. The normalized spacial score (nSPS) is 17.5. The van der Waals surface area contributed by atoms with E-state index >= 15 is 0 Å². The molecule has 4 aromatic rings. The highest BCUT2D eigenvalue weighted by Gasteiger charge is 2.26. The second-order valence-electron chi connectivity index (χ2n) is 9.91. The first-order valence-electron chi connectivity index (χ1n) is 13.2. The highest BCUT2D eigenvalue weighted by atomic mass is 32.2. The molecule has 2 atom stereocenters. The minimum Gasteiger partial charge on any atom is -0.338 e. The maximum Gasteiger partial charge on any atom is 0.261 e. The monoisotopic (exact) mass is 581 g/mol. The number of nitrogens with one attached hydrogen (secondary N) is 3. The molecule has 0 spiro atoms. The Kier molecular flexibility index (Phi) is 8.46. The Balaban J connectivity index is 1.38. The molecule has 1 saturated heterocycles. The van der Waals surface area contributed by atoms with Crippen molar-refractivity contribution >= 4 is 50.1 Å². The summed E-state index contributed by atoms with van der Waals surface area (Å²) < 4.78 is 28.6. The van der Waals surface area contributed by atoms with Crippen LogP contribution in [0.1, 0.15) is 6.42 Å². The summed E-state index contributed by atoms with van der Waals surface area (Å²) >= 11 is 0. The van der Waals surface area contributed by atoms with Gasteiger partial charge in [-0.25, -0.2) is 8.42 Å². The van der Waals surface area contributed by atoms with E-state index in [4.69, 9.17) is 22.9 Å². The molecule has 41 heavy (non-hydrogen) atoms. The van der Waals surface area contributed by atoms with E-state index in [0.717, 1.165) is 10.9 Å². The average molecular weight is 582 g/mol. The van der Waals surface area contributed by atoms with Crippen LogP contribution in [0, 0.1) is 0 Å². The second kappa shape index (κ2) is 12.2. The summed E-state index contributed by atoms with van der Waals surface area (Å²) in [4.78, 5) is 17.8. The molecule has 1 aliphatic rings. The predicted molar refractivity (Wildman–Crippen MR) is 160 cm³/mol. The van der Waals surface area contributed by atoms with Gasteiger partial charge in [-0.1, -0.05) is 0 Å². The summed E-state index contributed by atoms with van der Waals surface area (Å²) in [6.07, 6.45) is 2.38. The Morgan fingerprint density at radius 3 is 2.32 bits per heavy atom. The van der Waals surface area contributed by atoms with Crippen LogP contribution >= 0.6 is 0 Å². The minimum atomic E-state index is -3.83. The minimum absolute atomic E-state index is 0.0955. The fourth-order valence-electron chi connectivity index (χ4n) is 4.72. The molecular formula is C25H35N13O2S. The topological polar surface area (TPSA) is 236 Å². The first-order chi connectivity index (χ1) is 19.7. The molecule has 2 aromatic carbocycles. The number of sulfonamides is 1. The molecular weight excluding hydrogens is 546 g/mol. The van der Waals surface area contributed by atoms with E-state index in [9.17, 15) is 8.42 Å². The Labute approximate surface area is 237 Å². The van der Waals surface area contributed by atoms with Crippen molar-refractivity contribution in [2.75, 3.05) is 59.1 Å². The molecule has 0 bridgehead atoms. The van der Waals surface area contributed by atoms with Gasteiger partial charge in [0.1, 0.15) is 0 Å². The molecule has 15 nitrogen and oxygen atoms in total. The zero-order valence-corrected chi connectivity index (χ0v) is 23.3. The molecule has 218 valence electrons. The van der Waals surface area contributed by atoms with Gasteiger partial charge in [0.25, 0.3) is 10.0 Å². The van der Waals surface area contributed by atoms with Crippen LogP contribution in [-0.2, 0) is 10.0 Å². The van der Waals surface area contributed by atoms with Crippen molar-refractivity contribution in [3.05, 3.63) is 48.7 Å². The van der Waals surface area contributed by atoms with Crippen molar-refractivity contribution in [2.45, 2.75) is 23.4 Å². The van der Waals surface area contributed by atoms with Gasteiger partial charge >= 0.3 is 0 Å². The molecule has 1 fully saturated rings. The summed E-state index contributed by atoms with van der Waals surface area (Å²) in [5, 5.41) is 10.8. The Morgan fingerprint density at radius 1 is 0.951 bits per heavy atom. The lowest BCUT2D eigenvalue weighted by Crippen LogP contribution is -2.53. The number of fused-ring (bicyclic) bond motifs is 1. The Hall–Kier alpha value is -4.09. The Bertz CT molecular complexity index is 1560. The van der Waals surface area contributed by atoms with Crippen LogP contribution < -0.4 is 42.8 Å². The van der Waals surface area contributed by atoms with Crippen LogP contribution in [-0.4, -0.2) is 84.9 Å². The van der Waals surface area contributed by atoms with E-state index in [-0.39, 0.29) is 22.9 Å². The third-order valence-electron chi connectivity index (χ3n) is 6.61. The van der Waals surface area contributed by atoms with E-state index in [0.29, 0.717) is 69.0 Å². The molecule has 11 N–H and O–H groups in total. The summed E-state index contributed by atoms with van der Waals surface area (Å²) in [6.45, 7) is 2.90. The van der Waals surface area contributed by atoms with E-state index in [2.05, 4.69) is 35.2 Å². The highest BCUT2D eigenvalue weighted by molar-refractivity contribution is 7.92. The standard InChI is InChI=1S/C25H35N13O2S/c26-7-9-37(10-8-27)24-32-23(33-25(34-24)38-14-17(28)11-18(29)15-38)31-19-3-5-21(6-4-19)41(39,40)36-20-2-1-16-13-30-35-22(16)12-20/h1-6,12-13,17-18,36H,7-11,14-15,26-29H2,(H,30,35)(H,31,32,33,34)/t17-,18+. The molecule has 5 rings (SSSR count). The number of anilines is 5. The lowest BCUT2D eigenvalue weighted by molar-refractivity contribution is 0.447. The summed E-state index contributed by atoms with van der Waals surface area (Å²) in [6, 6.07) is 11.2. The van der Waals surface area contributed by atoms with E-state index in [1.165, 1.54) is 12.1 Å². The molecule has 0 amide bonds. The number of nitrogens with two attached hydrogens (primary N) is 4. The number of nitrogens with zero attached hydrogens (tertiary/aromatic N) is 6. The smallest absolute Gasteiger partial charge is 0.261 e. The van der Waals surface area contributed by atoms with E-state index in [1.807, 2.05) is 9.80 Å². The number of rotatable bonds is 11. The molecule has 1 aliphatic heterocycles. The van der Waals surface area contributed by atoms with Crippen molar-refractivity contribution in [1.82, 2.24) is 25.1 Å². The maximum absolute atomic E-state index is 13.0. The largest absolute Gasteiger partial charge is 0.338 e. The van der Waals surface area contributed by atoms with Gasteiger partial charge in [0.05, 0.1) is 22.3 Å². The van der Waals surface area contributed by atoms with Crippen LogP contribution in [0.15, 0.2) is 53.6 Å². The number of benzene rings is 2. The van der Waals surface area contributed by atoms with Crippen molar-refractivity contribution in [2.24, 2.45) is 22.9 Å². The molecule has 0 radical (unpaired) electrons. The van der Waals surface area contributed by atoms with Crippen LogP contribution in [0.3, 0.4) is 0 Å². The van der Waals surface area contributed by atoms with Crippen molar-refractivity contribution in [3.63, 3.8) is 0 Å². The van der Waals surface area contributed by atoms with Gasteiger partial charge in [-0.3, -0.25) is 9.82 Å². The third-order valence-corrected chi connectivity index (χ3v) is 8.00. The maximum atomic E-state index is 13.0. The number of piperidine rings is 1. The van der Waals surface area contributed by atoms with Gasteiger partial charge in [0.15, 0.2) is 0 Å². The van der Waals surface area contributed by atoms with Crippen LogP contribution in [0.2, 0.25) is 0 Å². The summed E-state index contributed by atoms with van der Waals surface area (Å²) in [7, 11) is -3.83. The highest BCUT2D eigenvalue weighted by Crippen LogP contribution is 2.24. The lowest BCUT2D eigenvalue weighted by atomic mass is 10.0. The third kappa shape index (κ3) is 6.80. The zero-order chi connectivity index (χ0) is 29.0. The first-order valence-corrected chi connectivity index (χ1v) is 14.7. The molecule has 0 unspecified atom stereocenters. The average Bonchev–Trinajstić information content (AvgIpc) is 3.40. The predicted octanol–water partition coefficient (Wildman–Crippen LogP) is -0.119.